The summed E-state index contributed by atoms with van der Waals surface area (Å²) in [4.78, 5) is 18.1. The van der Waals surface area contributed by atoms with Gasteiger partial charge in [0, 0.05) is 57.4 Å². The van der Waals surface area contributed by atoms with Gasteiger partial charge in [0.25, 0.3) is 0 Å². The summed E-state index contributed by atoms with van der Waals surface area (Å²) in [6.45, 7) is 7.03. The van der Waals surface area contributed by atoms with Crippen molar-refractivity contribution in [2.24, 2.45) is 13.0 Å². The van der Waals surface area contributed by atoms with Gasteiger partial charge in [-0.1, -0.05) is 6.42 Å². The fourth-order valence-corrected chi connectivity index (χ4v) is 4.79. The van der Waals surface area contributed by atoms with Gasteiger partial charge in [0.05, 0.1) is 12.1 Å². The van der Waals surface area contributed by atoms with Crippen molar-refractivity contribution >= 4 is 30.7 Å². The molecule has 0 aliphatic carbocycles. The van der Waals surface area contributed by atoms with Gasteiger partial charge >= 0.3 is 0 Å². The second kappa shape index (κ2) is 8.91. The van der Waals surface area contributed by atoms with Gasteiger partial charge in [-0.3, -0.25) is 14.4 Å². The normalized spacial score (nSPS) is 31.7. The molecule has 1 amide bonds. The number of piperazine rings is 1. The van der Waals surface area contributed by atoms with Crippen LogP contribution in [0.2, 0.25) is 0 Å². The lowest BCUT2D eigenvalue weighted by atomic mass is 9.88. The maximum atomic E-state index is 13.3. The van der Waals surface area contributed by atoms with Crippen molar-refractivity contribution in [2.45, 2.75) is 44.2 Å². The Labute approximate surface area is 168 Å². The predicted octanol–water partition coefficient (Wildman–Crippen LogP) is 1.65. The van der Waals surface area contributed by atoms with Gasteiger partial charge in [0.1, 0.15) is 0 Å². The number of nitrogens with one attached hydrogen (secondary N) is 1. The van der Waals surface area contributed by atoms with Gasteiger partial charge in [-0.05, 0) is 31.9 Å². The van der Waals surface area contributed by atoms with E-state index in [2.05, 4.69) is 33.3 Å². The molecule has 3 fully saturated rings. The van der Waals surface area contributed by atoms with E-state index in [0.717, 1.165) is 26.2 Å². The molecule has 3 aliphatic heterocycles. The Bertz CT molecular complexity index is 610. The van der Waals surface area contributed by atoms with E-state index in [0.29, 0.717) is 18.0 Å². The Morgan fingerprint density at radius 2 is 2.04 bits per heavy atom. The fraction of sp³-hybridized carbons (Fsp3) is 0.778. The van der Waals surface area contributed by atoms with Crippen molar-refractivity contribution in [1.29, 1.82) is 0 Å². The number of amides is 1. The lowest BCUT2D eigenvalue weighted by Crippen LogP contribution is -2.61. The van der Waals surface area contributed by atoms with E-state index in [9.17, 15) is 4.79 Å². The van der Waals surface area contributed by atoms with E-state index >= 15 is 0 Å². The van der Waals surface area contributed by atoms with Gasteiger partial charge in [0.15, 0.2) is 0 Å². The monoisotopic (exact) mass is 403 g/mol. The van der Waals surface area contributed by atoms with E-state index in [-0.39, 0.29) is 36.6 Å². The number of aromatic nitrogens is 2. The number of rotatable bonds is 2. The highest BCUT2D eigenvalue weighted by atomic mass is 35.5. The van der Waals surface area contributed by atoms with Crippen molar-refractivity contribution < 1.29 is 4.79 Å². The summed E-state index contributed by atoms with van der Waals surface area (Å²) in [6, 6.07) is 0.895. The van der Waals surface area contributed by atoms with Gasteiger partial charge in [-0.2, -0.15) is 5.10 Å². The van der Waals surface area contributed by atoms with E-state index in [1.165, 1.54) is 31.4 Å². The highest BCUT2D eigenvalue weighted by Gasteiger charge is 2.41. The van der Waals surface area contributed by atoms with Crippen LogP contribution in [-0.4, -0.2) is 70.3 Å². The molecule has 1 N–H and O–H groups in total. The number of hydrogen-bond acceptors (Lipinski definition) is 4. The molecule has 0 saturated carbocycles. The number of aryl methyl sites for hydroxylation is 1. The van der Waals surface area contributed by atoms with Gasteiger partial charge < -0.3 is 10.2 Å². The molecule has 0 bridgehead atoms. The molecule has 3 aliphatic rings. The molecular weight excluding hydrogens is 373 g/mol. The van der Waals surface area contributed by atoms with Crippen LogP contribution in [0.5, 0.6) is 0 Å². The molecule has 0 spiro atoms. The summed E-state index contributed by atoms with van der Waals surface area (Å²) in [5.74, 6) is 0.640. The van der Waals surface area contributed by atoms with Crippen molar-refractivity contribution in [2.75, 3.05) is 32.7 Å². The third-order valence-corrected chi connectivity index (χ3v) is 6.15. The molecule has 8 heteroatoms. The predicted molar refractivity (Wildman–Crippen MR) is 107 cm³/mol. The highest BCUT2D eigenvalue weighted by molar-refractivity contribution is 5.85. The lowest BCUT2D eigenvalue weighted by molar-refractivity contribution is -0.142. The molecule has 4 heterocycles. The number of nitrogens with zero attached hydrogens (tertiary/aromatic N) is 4. The lowest BCUT2D eigenvalue weighted by Gasteiger charge is -2.48. The molecule has 4 rings (SSSR count). The first-order valence-electron chi connectivity index (χ1n) is 9.37. The Balaban J connectivity index is 0.00000121. The molecule has 1 aromatic rings. The maximum absolute atomic E-state index is 13.3. The molecule has 26 heavy (non-hydrogen) atoms. The minimum atomic E-state index is 0. The first-order valence-corrected chi connectivity index (χ1v) is 9.37. The van der Waals surface area contributed by atoms with Crippen LogP contribution in [0, 0.1) is 5.92 Å². The van der Waals surface area contributed by atoms with Crippen molar-refractivity contribution in [3.63, 3.8) is 0 Å². The van der Waals surface area contributed by atoms with Crippen molar-refractivity contribution in [3.8, 4) is 0 Å². The van der Waals surface area contributed by atoms with E-state index in [1.807, 2.05) is 17.9 Å². The Hall–Kier alpha value is -0.820. The second-order valence-corrected chi connectivity index (χ2v) is 7.80. The molecule has 1 aromatic heterocycles. The van der Waals surface area contributed by atoms with Gasteiger partial charge in [-0.15, -0.1) is 24.8 Å². The average molecular weight is 404 g/mol. The van der Waals surface area contributed by atoms with Crippen LogP contribution in [0.3, 0.4) is 0 Å². The average Bonchev–Trinajstić information content (AvgIpc) is 3.22. The number of fused-ring (bicyclic) bond motifs is 1. The summed E-state index contributed by atoms with van der Waals surface area (Å²) in [6.07, 6.45) is 7.83. The summed E-state index contributed by atoms with van der Waals surface area (Å²) in [7, 11) is 1.94. The van der Waals surface area contributed by atoms with Crippen LogP contribution in [0.15, 0.2) is 12.4 Å². The van der Waals surface area contributed by atoms with E-state index in [4.69, 9.17) is 0 Å². The molecule has 4 atom stereocenters. The zero-order valence-electron chi connectivity index (χ0n) is 15.6. The molecule has 0 aromatic carbocycles. The zero-order chi connectivity index (χ0) is 16.7. The van der Waals surface area contributed by atoms with Gasteiger partial charge in [-0.25, -0.2) is 0 Å². The maximum Gasteiger partial charge on any atom is 0.227 e. The minimum Gasteiger partial charge on any atom is -0.337 e. The van der Waals surface area contributed by atoms with Crippen LogP contribution in [-0.2, 0) is 11.8 Å². The summed E-state index contributed by atoms with van der Waals surface area (Å²) < 4.78 is 1.83. The van der Waals surface area contributed by atoms with Crippen molar-refractivity contribution in [3.05, 3.63) is 18.0 Å². The highest BCUT2D eigenvalue weighted by Crippen LogP contribution is 2.32. The number of carbonyl (C=O) groups excluding carboxylic acids is 1. The standard InChI is InChI=1S/C18H29N5O.2ClH/c1-13-10-22-6-4-3-5-15(22)12-23(13)18(24)17-9-19-8-16(17)14-7-20-21(2)11-14;;/h7,11,13,15-17,19H,3-6,8-10,12H2,1-2H3;2*1H/t13?,15?,16-,17+;;/m1../s1. The number of hydrogen-bond donors (Lipinski definition) is 1. The summed E-state index contributed by atoms with van der Waals surface area (Å²) in [5.41, 5.74) is 1.19. The minimum absolute atomic E-state index is 0. The molecule has 3 saturated heterocycles. The summed E-state index contributed by atoms with van der Waals surface area (Å²) in [5, 5.41) is 7.72. The molecule has 148 valence electrons. The molecule has 0 radical (unpaired) electrons. The summed E-state index contributed by atoms with van der Waals surface area (Å²) >= 11 is 0. The van der Waals surface area contributed by atoms with Crippen LogP contribution in [0.1, 0.15) is 37.7 Å². The SMILES string of the molecule is CC1CN2CCCCC2CN1C(=O)[C@H]1CNC[C@@H]1c1cnn(C)c1.Cl.Cl. The Morgan fingerprint density at radius 1 is 1.23 bits per heavy atom. The number of carbonyl (C=O) groups is 1. The van der Waals surface area contributed by atoms with Crippen LogP contribution >= 0.6 is 24.8 Å². The topological polar surface area (TPSA) is 53.4 Å². The van der Waals surface area contributed by atoms with Gasteiger partial charge in [0.2, 0.25) is 5.91 Å². The zero-order valence-corrected chi connectivity index (χ0v) is 17.3. The third kappa shape index (κ3) is 4.03. The van der Waals surface area contributed by atoms with Crippen LogP contribution in [0.4, 0.5) is 0 Å². The van der Waals surface area contributed by atoms with Crippen molar-refractivity contribution in [1.82, 2.24) is 24.9 Å². The third-order valence-electron chi connectivity index (χ3n) is 6.15. The molecule has 2 unspecified atom stereocenters. The molecular formula is C18H31Cl2N5O. The fourth-order valence-electron chi connectivity index (χ4n) is 4.79. The Morgan fingerprint density at radius 3 is 2.77 bits per heavy atom. The first kappa shape index (κ1) is 21.5. The quantitative estimate of drug-likeness (QED) is 0.815. The second-order valence-electron chi connectivity index (χ2n) is 7.80. The number of halogens is 2. The number of piperidine rings is 1. The smallest absolute Gasteiger partial charge is 0.227 e. The molecule has 6 nitrogen and oxygen atoms in total. The van der Waals surface area contributed by atoms with E-state index < -0.39 is 0 Å². The Kier molecular flexibility index (Phi) is 7.36. The van der Waals surface area contributed by atoms with Crippen LogP contribution in [0.25, 0.3) is 0 Å². The largest absolute Gasteiger partial charge is 0.337 e. The van der Waals surface area contributed by atoms with E-state index in [1.54, 1.807) is 0 Å². The van der Waals surface area contributed by atoms with Crippen LogP contribution < -0.4 is 5.32 Å². The first-order chi connectivity index (χ1) is 11.6.